The fraction of sp³-hybridized carbons (Fsp3) is 0.235. The van der Waals surface area contributed by atoms with Gasteiger partial charge in [0.2, 0.25) is 0 Å². The van der Waals surface area contributed by atoms with Gasteiger partial charge in [-0.15, -0.1) is 0 Å². The maximum Gasteiger partial charge on any atom is 0.257 e. The third-order valence-corrected chi connectivity index (χ3v) is 3.36. The zero-order valence-electron chi connectivity index (χ0n) is 12.4. The van der Waals surface area contributed by atoms with Crippen molar-refractivity contribution in [3.63, 3.8) is 0 Å². The molecule has 0 heterocycles. The summed E-state index contributed by atoms with van der Waals surface area (Å²) in [4.78, 5) is 14.4. The van der Waals surface area contributed by atoms with E-state index in [0.717, 1.165) is 11.3 Å². The number of rotatable bonds is 5. The van der Waals surface area contributed by atoms with Gasteiger partial charge in [0.05, 0.1) is 12.7 Å². The third kappa shape index (κ3) is 3.54. The molecule has 2 aromatic carbocycles. The van der Waals surface area contributed by atoms with Gasteiger partial charge in [-0.3, -0.25) is 4.79 Å². The van der Waals surface area contributed by atoms with Crippen LogP contribution in [0.1, 0.15) is 22.8 Å². The Labute approximate surface area is 125 Å². The topological polar surface area (TPSA) is 55.6 Å². The van der Waals surface area contributed by atoms with Crippen molar-refractivity contribution in [2.75, 3.05) is 19.4 Å². The van der Waals surface area contributed by atoms with Gasteiger partial charge in [-0.25, -0.2) is 0 Å². The first kappa shape index (κ1) is 14.9. The Hall–Kier alpha value is -2.49. The van der Waals surface area contributed by atoms with Gasteiger partial charge in [0.1, 0.15) is 5.75 Å². The lowest BCUT2D eigenvalue weighted by Gasteiger charge is -2.22. The highest BCUT2D eigenvalue weighted by atomic mass is 16.5. The smallest absolute Gasteiger partial charge is 0.257 e. The second kappa shape index (κ2) is 6.79. The summed E-state index contributed by atoms with van der Waals surface area (Å²) in [7, 11) is 1.57. The molecule has 2 N–H and O–H groups in total. The molecule has 0 aliphatic heterocycles. The van der Waals surface area contributed by atoms with Crippen LogP contribution >= 0.6 is 0 Å². The highest BCUT2D eigenvalue weighted by Crippen LogP contribution is 2.20. The number of nitrogen functional groups attached to an aromatic ring is 1. The zero-order valence-corrected chi connectivity index (χ0v) is 12.4. The van der Waals surface area contributed by atoms with Crippen LogP contribution in [0, 0.1) is 0 Å². The van der Waals surface area contributed by atoms with Gasteiger partial charge in [0.15, 0.2) is 0 Å². The van der Waals surface area contributed by atoms with Crippen LogP contribution in [0.3, 0.4) is 0 Å². The largest absolute Gasteiger partial charge is 0.496 e. The number of nitrogens with zero attached hydrogens (tertiary/aromatic N) is 1. The molecule has 4 nitrogen and oxygen atoms in total. The molecule has 0 aliphatic carbocycles. The summed E-state index contributed by atoms with van der Waals surface area (Å²) in [6, 6.07) is 14.8. The highest BCUT2D eigenvalue weighted by Gasteiger charge is 2.18. The van der Waals surface area contributed by atoms with E-state index < -0.39 is 0 Å². The molecule has 2 rings (SSSR count). The molecule has 0 saturated heterocycles. The van der Waals surface area contributed by atoms with Crippen LogP contribution < -0.4 is 10.5 Å². The third-order valence-electron chi connectivity index (χ3n) is 3.36. The molecule has 110 valence electrons. The van der Waals surface area contributed by atoms with E-state index in [-0.39, 0.29) is 5.91 Å². The summed E-state index contributed by atoms with van der Waals surface area (Å²) < 4.78 is 5.26. The van der Waals surface area contributed by atoms with Gasteiger partial charge in [-0.2, -0.15) is 0 Å². The first-order valence-corrected chi connectivity index (χ1v) is 6.92. The molecular formula is C17H20N2O2. The van der Waals surface area contributed by atoms with Crippen molar-refractivity contribution >= 4 is 11.6 Å². The number of amides is 1. The number of ether oxygens (including phenoxy) is 1. The monoisotopic (exact) mass is 284 g/mol. The molecule has 0 aromatic heterocycles. The number of carbonyl (C=O) groups is 1. The Bertz CT molecular complexity index is 608. The lowest BCUT2D eigenvalue weighted by molar-refractivity contribution is 0.0749. The lowest BCUT2D eigenvalue weighted by Crippen LogP contribution is -2.30. The van der Waals surface area contributed by atoms with E-state index in [1.54, 1.807) is 24.1 Å². The standard InChI is InChI=1S/C17H20N2O2/c1-3-19(12-13-8-10-14(18)11-9-13)17(20)15-6-4-5-7-16(15)21-2/h4-11H,3,12,18H2,1-2H3. The Kier molecular flexibility index (Phi) is 4.82. The molecule has 0 spiro atoms. The fourth-order valence-electron chi connectivity index (χ4n) is 2.16. The summed E-state index contributed by atoms with van der Waals surface area (Å²) in [5.74, 6) is 0.560. The van der Waals surface area contributed by atoms with E-state index in [9.17, 15) is 4.79 Å². The van der Waals surface area contributed by atoms with Crippen LogP contribution in [0.2, 0.25) is 0 Å². The summed E-state index contributed by atoms with van der Waals surface area (Å²) in [6.07, 6.45) is 0. The van der Waals surface area contributed by atoms with Crippen LogP contribution in [0.25, 0.3) is 0 Å². The van der Waals surface area contributed by atoms with Gasteiger partial charge in [0, 0.05) is 18.8 Å². The van der Waals surface area contributed by atoms with Crippen LogP contribution in [0.5, 0.6) is 5.75 Å². The van der Waals surface area contributed by atoms with Crippen LogP contribution in [-0.2, 0) is 6.54 Å². The zero-order chi connectivity index (χ0) is 15.2. The maximum atomic E-state index is 12.6. The number of para-hydroxylation sites is 1. The predicted molar refractivity (Wildman–Crippen MR) is 84.3 cm³/mol. The molecule has 0 bridgehead atoms. The molecule has 0 unspecified atom stereocenters. The van der Waals surface area contributed by atoms with E-state index in [4.69, 9.17) is 10.5 Å². The van der Waals surface area contributed by atoms with Crippen LogP contribution in [-0.4, -0.2) is 24.5 Å². The fourth-order valence-corrected chi connectivity index (χ4v) is 2.16. The molecule has 2 aromatic rings. The van der Waals surface area contributed by atoms with E-state index in [1.165, 1.54) is 0 Å². The van der Waals surface area contributed by atoms with Crippen LogP contribution in [0.4, 0.5) is 5.69 Å². The van der Waals surface area contributed by atoms with Gasteiger partial charge in [-0.05, 0) is 36.8 Å². The Morgan fingerprint density at radius 3 is 2.43 bits per heavy atom. The maximum absolute atomic E-state index is 12.6. The summed E-state index contributed by atoms with van der Waals surface area (Å²) >= 11 is 0. The minimum atomic E-state index is -0.0354. The number of benzene rings is 2. The second-order valence-corrected chi connectivity index (χ2v) is 4.76. The van der Waals surface area contributed by atoms with E-state index in [2.05, 4.69) is 0 Å². The van der Waals surface area contributed by atoms with Crippen molar-refractivity contribution in [1.29, 1.82) is 0 Å². The van der Waals surface area contributed by atoms with Gasteiger partial charge < -0.3 is 15.4 Å². The molecule has 21 heavy (non-hydrogen) atoms. The summed E-state index contributed by atoms with van der Waals surface area (Å²) in [5.41, 5.74) is 8.03. The average molecular weight is 284 g/mol. The number of carbonyl (C=O) groups excluding carboxylic acids is 1. The minimum Gasteiger partial charge on any atom is -0.496 e. The molecule has 1 amide bonds. The summed E-state index contributed by atoms with van der Waals surface area (Å²) in [6.45, 7) is 3.14. The van der Waals surface area contributed by atoms with Crippen molar-refractivity contribution in [3.05, 3.63) is 59.7 Å². The van der Waals surface area contributed by atoms with Gasteiger partial charge >= 0.3 is 0 Å². The number of hydrogen-bond donors (Lipinski definition) is 1. The van der Waals surface area contributed by atoms with Crippen LogP contribution in [0.15, 0.2) is 48.5 Å². The normalized spacial score (nSPS) is 10.2. The van der Waals surface area contributed by atoms with E-state index in [0.29, 0.717) is 24.4 Å². The SMILES string of the molecule is CCN(Cc1ccc(N)cc1)C(=O)c1ccccc1OC. The second-order valence-electron chi connectivity index (χ2n) is 4.76. The molecule has 0 aliphatic rings. The Morgan fingerprint density at radius 1 is 1.14 bits per heavy atom. The molecule has 0 fully saturated rings. The molecule has 0 saturated carbocycles. The Morgan fingerprint density at radius 2 is 1.81 bits per heavy atom. The number of hydrogen-bond acceptors (Lipinski definition) is 3. The highest BCUT2D eigenvalue weighted by molar-refractivity contribution is 5.96. The van der Waals surface area contributed by atoms with Crippen molar-refractivity contribution < 1.29 is 9.53 Å². The Balaban J connectivity index is 2.20. The van der Waals surface area contributed by atoms with Crippen molar-refractivity contribution in [2.24, 2.45) is 0 Å². The molecular weight excluding hydrogens is 264 g/mol. The van der Waals surface area contributed by atoms with E-state index in [1.807, 2.05) is 43.3 Å². The molecule has 0 radical (unpaired) electrons. The van der Waals surface area contributed by atoms with Crippen molar-refractivity contribution in [1.82, 2.24) is 4.90 Å². The number of nitrogens with two attached hydrogens (primary N) is 1. The predicted octanol–water partition coefficient (Wildman–Crippen LogP) is 2.94. The average Bonchev–Trinajstić information content (AvgIpc) is 2.53. The first-order chi connectivity index (χ1) is 10.2. The minimum absolute atomic E-state index is 0.0354. The quantitative estimate of drug-likeness (QED) is 0.859. The van der Waals surface area contributed by atoms with Gasteiger partial charge in [-0.1, -0.05) is 24.3 Å². The number of methoxy groups -OCH3 is 1. The lowest BCUT2D eigenvalue weighted by atomic mass is 10.1. The summed E-state index contributed by atoms with van der Waals surface area (Å²) in [5, 5.41) is 0. The molecule has 0 atom stereocenters. The van der Waals surface area contributed by atoms with Crippen molar-refractivity contribution in [3.8, 4) is 5.75 Å². The van der Waals surface area contributed by atoms with Crippen molar-refractivity contribution in [2.45, 2.75) is 13.5 Å². The first-order valence-electron chi connectivity index (χ1n) is 6.92. The van der Waals surface area contributed by atoms with E-state index >= 15 is 0 Å². The number of anilines is 1. The molecule has 4 heteroatoms. The van der Waals surface area contributed by atoms with Gasteiger partial charge in [0.25, 0.3) is 5.91 Å².